The van der Waals surface area contributed by atoms with Gasteiger partial charge in [0, 0.05) is 28.3 Å². The van der Waals surface area contributed by atoms with Crippen LogP contribution in [0.3, 0.4) is 0 Å². The molecule has 0 aliphatic heterocycles. The van der Waals surface area contributed by atoms with E-state index in [1.807, 2.05) is 20.8 Å². The molecule has 1 aromatic carbocycles. The highest BCUT2D eigenvalue weighted by Crippen LogP contribution is 2.30. The second-order valence-electron chi connectivity index (χ2n) is 5.31. The summed E-state index contributed by atoms with van der Waals surface area (Å²) in [6.45, 7) is 5.92. The van der Waals surface area contributed by atoms with Crippen LogP contribution in [0.25, 0.3) is 11.4 Å². The first-order valence-electron chi connectivity index (χ1n) is 5.83. The Hall–Kier alpha value is -1.73. The van der Waals surface area contributed by atoms with Crippen molar-refractivity contribution in [2.75, 3.05) is 0 Å². The number of nitro benzene ring substituents is 1. The fourth-order valence-electron chi connectivity index (χ4n) is 1.92. The lowest BCUT2D eigenvalue weighted by atomic mass is 10.1. The maximum atomic E-state index is 10.9. The van der Waals surface area contributed by atoms with Crippen molar-refractivity contribution in [3.63, 3.8) is 0 Å². The molecule has 1 aromatic heterocycles. The Morgan fingerprint density at radius 2 is 2.05 bits per heavy atom. The van der Waals surface area contributed by atoms with Crippen LogP contribution >= 0.6 is 23.8 Å². The van der Waals surface area contributed by atoms with E-state index < -0.39 is 4.92 Å². The predicted octanol–water partition coefficient (Wildman–Crippen LogP) is 3.92. The van der Waals surface area contributed by atoms with Crippen molar-refractivity contribution >= 4 is 29.5 Å². The van der Waals surface area contributed by atoms with Crippen LogP contribution in [0.4, 0.5) is 5.69 Å². The molecule has 106 valence electrons. The monoisotopic (exact) mass is 312 g/mol. The number of nitrogens with zero attached hydrogens (tertiary/aromatic N) is 3. The van der Waals surface area contributed by atoms with Crippen LogP contribution in [0.15, 0.2) is 18.2 Å². The van der Waals surface area contributed by atoms with Crippen molar-refractivity contribution in [1.82, 2.24) is 14.8 Å². The van der Waals surface area contributed by atoms with E-state index in [0.29, 0.717) is 16.2 Å². The Labute approximate surface area is 125 Å². The van der Waals surface area contributed by atoms with Gasteiger partial charge in [0.05, 0.1) is 4.92 Å². The van der Waals surface area contributed by atoms with Gasteiger partial charge in [0.25, 0.3) is 5.69 Å². The number of hydrogen-bond donors (Lipinski definition) is 1. The van der Waals surface area contributed by atoms with Crippen molar-refractivity contribution in [1.29, 1.82) is 0 Å². The van der Waals surface area contributed by atoms with Gasteiger partial charge in [-0.05, 0) is 39.1 Å². The summed E-state index contributed by atoms with van der Waals surface area (Å²) in [7, 11) is 0. The zero-order valence-electron chi connectivity index (χ0n) is 11.2. The molecule has 0 radical (unpaired) electrons. The number of halogens is 1. The van der Waals surface area contributed by atoms with E-state index >= 15 is 0 Å². The first-order chi connectivity index (χ1) is 9.20. The molecule has 0 spiro atoms. The number of H-pyrrole nitrogens is 1. The third-order valence-corrected chi connectivity index (χ3v) is 3.19. The lowest BCUT2D eigenvalue weighted by Crippen LogP contribution is -2.23. The number of benzene rings is 1. The highest BCUT2D eigenvalue weighted by atomic mass is 35.5. The highest BCUT2D eigenvalue weighted by molar-refractivity contribution is 7.71. The van der Waals surface area contributed by atoms with Crippen LogP contribution in [0.1, 0.15) is 20.8 Å². The number of non-ortho nitro benzene ring substituents is 1. The average Bonchev–Trinajstić information content (AvgIpc) is 2.70. The molecular formula is C12H13ClN4O2S. The van der Waals surface area contributed by atoms with Crippen molar-refractivity contribution in [3.8, 4) is 11.4 Å². The molecule has 8 heteroatoms. The Morgan fingerprint density at radius 1 is 1.40 bits per heavy atom. The second kappa shape index (κ2) is 4.99. The number of aromatic nitrogens is 3. The van der Waals surface area contributed by atoms with Crippen LogP contribution in [-0.4, -0.2) is 19.7 Å². The molecule has 0 amide bonds. The summed E-state index contributed by atoms with van der Waals surface area (Å²) >= 11 is 11.2. The standard InChI is InChI=1S/C12H13ClN4O2S/c1-12(2,3)16-10(14-15-11(16)20)7-4-8(13)6-9(5-7)17(18)19/h4-6H,1-3H3,(H,15,20). The van der Waals surface area contributed by atoms with Crippen molar-refractivity contribution in [2.45, 2.75) is 26.3 Å². The van der Waals surface area contributed by atoms with Crippen molar-refractivity contribution in [2.24, 2.45) is 0 Å². The molecule has 6 nitrogen and oxygen atoms in total. The highest BCUT2D eigenvalue weighted by Gasteiger charge is 2.22. The maximum absolute atomic E-state index is 10.9. The molecule has 2 rings (SSSR count). The Kier molecular flexibility index (Phi) is 3.66. The Bertz CT molecular complexity index is 730. The fraction of sp³-hybridized carbons (Fsp3) is 0.333. The molecular weight excluding hydrogens is 300 g/mol. The summed E-state index contributed by atoms with van der Waals surface area (Å²) in [5, 5.41) is 18.1. The minimum absolute atomic E-state index is 0.0816. The summed E-state index contributed by atoms with van der Waals surface area (Å²) in [4.78, 5) is 10.4. The average molecular weight is 313 g/mol. The molecule has 20 heavy (non-hydrogen) atoms. The molecule has 0 aliphatic carbocycles. The molecule has 0 aliphatic rings. The number of hydrogen-bond acceptors (Lipinski definition) is 4. The molecule has 2 aromatic rings. The van der Waals surface area contributed by atoms with E-state index in [0.717, 1.165) is 0 Å². The molecule has 0 bridgehead atoms. The zero-order chi connectivity index (χ0) is 15.1. The van der Waals surface area contributed by atoms with Crippen molar-refractivity contribution < 1.29 is 4.92 Å². The topological polar surface area (TPSA) is 76.8 Å². The van der Waals surface area contributed by atoms with Gasteiger partial charge in [-0.25, -0.2) is 0 Å². The number of nitrogens with one attached hydrogen (secondary N) is 1. The van der Waals surface area contributed by atoms with Gasteiger partial charge in [0.2, 0.25) is 0 Å². The number of aromatic amines is 1. The Morgan fingerprint density at radius 3 is 2.60 bits per heavy atom. The summed E-state index contributed by atoms with van der Waals surface area (Å²) in [5.74, 6) is 0.521. The quantitative estimate of drug-likeness (QED) is 0.518. The van der Waals surface area contributed by atoms with E-state index in [2.05, 4.69) is 10.2 Å². The van der Waals surface area contributed by atoms with Gasteiger partial charge in [0.1, 0.15) is 0 Å². The largest absolute Gasteiger partial charge is 0.295 e. The molecule has 0 saturated carbocycles. The molecule has 0 atom stereocenters. The molecule has 0 fully saturated rings. The van der Waals surface area contributed by atoms with Gasteiger partial charge < -0.3 is 0 Å². The molecule has 0 unspecified atom stereocenters. The van der Waals surface area contributed by atoms with Crippen LogP contribution in [0.5, 0.6) is 0 Å². The van der Waals surface area contributed by atoms with Crippen LogP contribution in [0, 0.1) is 14.9 Å². The van der Waals surface area contributed by atoms with Crippen LogP contribution in [0.2, 0.25) is 5.02 Å². The minimum Gasteiger partial charge on any atom is -0.295 e. The third kappa shape index (κ3) is 2.73. The minimum atomic E-state index is -0.488. The van der Waals surface area contributed by atoms with Gasteiger partial charge in [-0.3, -0.25) is 19.8 Å². The Balaban J connectivity index is 2.70. The summed E-state index contributed by atoms with van der Waals surface area (Å²) in [6, 6.07) is 4.36. The lowest BCUT2D eigenvalue weighted by molar-refractivity contribution is -0.384. The molecule has 1 N–H and O–H groups in total. The van der Waals surface area contributed by atoms with E-state index in [9.17, 15) is 10.1 Å². The smallest absolute Gasteiger partial charge is 0.271 e. The fourth-order valence-corrected chi connectivity index (χ4v) is 2.56. The summed E-state index contributed by atoms with van der Waals surface area (Å²) in [5.41, 5.74) is 0.157. The molecule has 0 saturated heterocycles. The first-order valence-corrected chi connectivity index (χ1v) is 6.62. The third-order valence-electron chi connectivity index (χ3n) is 2.69. The predicted molar refractivity (Wildman–Crippen MR) is 79.5 cm³/mol. The zero-order valence-corrected chi connectivity index (χ0v) is 12.7. The van der Waals surface area contributed by atoms with E-state index in [-0.39, 0.29) is 16.2 Å². The van der Waals surface area contributed by atoms with Gasteiger partial charge in [-0.15, -0.1) is 0 Å². The van der Waals surface area contributed by atoms with Gasteiger partial charge in [0.15, 0.2) is 10.6 Å². The number of nitro groups is 1. The van der Waals surface area contributed by atoms with Crippen LogP contribution in [-0.2, 0) is 5.54 Å². The van der Waals surface area contributed by atoms with E-state index in [1.54, 1.807) is 10.6 Å². The maximum Gasteiger partial charge on any atom is 0.271 e. The van der Waals surface area contributed by atoms with Gasteiger partial charge >= 0.3 is 0 Å². The normalized spacial score (nSPS) is 11.6. The van der Waals surface area contributed by atoms with Crippen molar-refractivity contribution in [3.05, 3.63) is 38.1 Å². The second-order valence-corrected chi connectivity index (χ2v) is 6.14. The van der Waals surface area contributed by atoms with E-state index in [1.165, 1.54) is 12.1 Å². The number of rotatable bonds is 2. The van der Waals surface area contributed by atoms with Gasteiger partial charge in [-0.1, -0.05) is 11.6 Å². The molecule has 1 heterocycles. The van der Waals surface area contributed by atoms with E-state index in [4.69, 9.17) is 23.8 Å². The summed E-state index contributed by atoms with van der Waals surface area (Å²) < 4.78 is 2.26. The SMILES string of the molecule is CC(C)(C)n1c(-c2cc(Cl)cc([N+](=O)[O-])c2)n[nH]c1=S. The van der Waals surface area contributed by atoms with Gasteiger partial charge in [-0.2, -0.15) is 5.10 Å². The summed E-state index contributed by atoms with van der Waals surface area (Å²) in [6.07, 6.45) is 0. The first kappa shape index (κ1) is 14.7. The van der Waals surface area contributed by atoms with Crippen LogP contribution < -0.4 is 0 Å². The lowest BCUT2D eigenvalue weighted by Gasteiger charge is -2.22.